The van der Waals surface area contributed by atoms with E-state index < -0.39 is 6.10 Å². The zero-order valence-electron chi connectivity index (χ0n) is 12.6. The van der Waals surface area contributed by atoms with E-state index in [9.17, 15) is 10.2 Å². The summed E-state index contributed by atoms with van der Waals surface area (Å²) >= 11 is 5.86. The molecule has 2 atom stereocenters. The second kappa shape index (κ2) is 8.11. The minimum Gasteiger partial charge on any atom is -0.395 e. The summed E-state index contributed by atoms with van der Waals surface area (Å²) in [6, 6.07) is 7.65. The van der Waals surface area contributed by atoms with Gasteiger partial charge in [-0.3, -0.25) is 9.80 Å². The number of halogens is 1. The molecule has 0 aliphatic carbocycles. The minimum atomic E-state index is -0.478. The molecule has 0 saturated carbocycles. The predicted molar refractivity (Wildman–Crippen MR) is 85.6 cm³/mol. The van der Waals surface area contributed by atoms with E-state index in [0.717, 1.165) is 38.2 Å². The molecule has 1 aromatic carbocycles. The summed E-state index contributed by atoms with van der Waals surface area (Å²) in [4.78, 5) is 4.62. The summed E-state index contributed by atoms with van der Waals surface area (Å²) in [6.07, 6.45) is 0.498. The van der Waals surface area contributed by atoms with Crippen molar-refractivity contribution in [3.05, 3.63) is 34.9 Å². The summed E-state index contributed by atoms with van der Waals surface area (Å²) in [5.41, 5.74) is 0.906. The van der Waals surface area contributed by atoms with Crippen molar-refractivity contribution in [3.8, 4) is 0 Å². The molecule has 21 heavy (non-hydrogen) atoms. The normalized spacial score (nSPS) is 20.4. The monoisotopic (exact) mass is 312 g/mol. The van der Waals surface area contributed by atoms with E-state index >= 15 is 0 Å². The van der Waals surface area contributed by atoms with Crippen LogP contribution in [0.3, 0.4) is 0 Å². The average Bonchev–Trinajstić information content (AvgIpc) is 2.51. The van der Waals surface area contributed by atoms with Crippen molar-refractivity contribution >= 4 is 11.6 Å². The molecule has 1 aliphatic heterocycles. The van der Waals surface area contributed by atoms with E-state index in [4.69, 9.17) is 11.6 Å². The van der Waals surface area contributed by atoms with Crippen LogP contribution in [-0.4, -0.2) is 65.4 Å². The van der Waals surface area contributed by atoms with Crippen LogP contribution < -0.4 is 0 Å². The van der Waals surface area contributed by atoms with Crippen molar-refractivity contribution < 1.29 is 10.2 Å². The van der Waals surface area contributed by atoms with Crippen LogP contribution in [0.25, 0.3) is 0 Å². The highest BCUT2D eigenvalue weighted by Gasteiger charge is 2.23. The van der Waals surface area contributed by atoms with Gasteiger partial charge in [0.15, 0.2) is 0 Å². The molecular weight excluding hydrogens is 288 g/mol. The van der Waals surface area contributed by atoms with Gasteiger partial charge in [-0.05, 0) is 24.1 Å². The molecule has 2 N–H and O–H groups in total. The van der Waals surface area contributed by atoms with Crippen LogP contribution in [0.15, 0.2) is 24.3 Å². The molecular formula is C16H25ClN2O2. The van der Waals surface area contributed by atoms with Gasteiger partial charge in [-0.15, -0.1) is 0 Å². The smallest absolute Gasteiger partial charge is 0.0916 e. The van der Waals surface area contributed by atoms with Gasteiger partial charge in [0.1, 0.15) is 0 Å². The summed E-state index contributed by atoms with van der Waals surface area (Å²) in [7, 11) is 0. The Morgan fingerprint density at radius 2 is 1.76 bits per heavy atom. The second-order valence-corrected chi connectivity index (χ2v) is 6.09. The molecule has 1 saturated heterocycles. The van der Waals surface area contributed by atoms with Crippen LogP contribution in [-0.2, 0) is 0 Å². The fourth-order valence-corrected chi connectivity index (χ4v) is 2.97. The molecule has 5 heteroatoms. The lowest BCUT2D eigenvalue weighted by Crippen LogP contribution is -2.51. The Hall–Kier alpha value is -0.650. The molecule has 2 rings (SSSR count). The first-order chi connectivity index (χ1) is 10.1. The van der Waals surface area contributed by atoms with E-state index in [1.54, 1.807) is 0 Å². The molecule has 1 aromatic rings. The van der Waals surface area contributed by atoms with E-state index in [0.29, 0.717) is 11.6 Å². The average molecular weight is 313 g/mol. The number of aliphatic hydroxyl groups is 2. The van der Waals surface area contributed by atoms with Crippen LogP contribution in [0.1, 0.15) is 25.0 Å². The van der Waals surface area contributed by atoms with Gasteiger partial charge >= 0.3 is 0 Å². The Kier molecular flexibility index (Phi) is 6.45. The number of piperazine rings is 1. The minimum absolute atomic E-state index is 0.226. The topological polar surface area (TPSA) is 46.9 Å². The fraction of sp³-hybridized carbons (Fsp3) is 0.625. The van der Waals surface area contributed by atoms with Gasteiger partial charge < -0.3 is 10.2 Å². The zero-order valence-corrected chi connectivity index (χ0v) is 13.3. The van der Waals surface area contributed by atoms with Gasteiger partial charge in [0.05, 0.1) is 12.7 Å². The Balaban J connectivity index is 1.81. The van der Waals surface area contributed by atoms with Crippen molar-refractivity contribution in [2.24, 2.45) is 0 Å². The SMILES string of the molecule is CCC(CO)N1CCN(CC(O)c2ccc(Cl)cc2)CC1. The van der Waals surface area contributed by atoms with E-state index in [-0.39, 0.29) is 12.6 Å². The third kappa shape index (κ3) is 4.66. The number of β-amino-alcohol motifs (C(OH)–C–C–N with tert-alkyl or cyclic N) is 1. The van der Waals surface area contributed by atoms with E-state index in [1.807, 2.05) is 24.3 Å². The number of hydrogen-bond donors (Lipinski definition) is 2. The highest BCUT2D eigenvalue weighted by molar-refractivity contribution is 6.30. The van der Waals surface area contributed by atoms with Crippen LogP contribution in [0.2, 0.25) is 5.02 Å². The summed E-state index contributed by atoms with van der Waals surface area (Å²) in [6.45, 7) is 6.74. The number of hydrogen-bond acceptors (Lipinski definition) is 4. The van der Waals surface area contributed by atoms with E-state index in [1.165, 1.54) is 0 Å². The van der Waals surface area contributed by atoms with Crippen molar-refractivity contribution in [1.82, 2.24) is 9.80 Å². The summed E-state index contributed by atoms with van der Waals surface area (Å²) < 4.78 is 0. The van der Waals surface area contributed by atoms with Crippen LogP contribution in [0.4, 0.5) is 0 Å². The van der Waals surface area contributed by atoms with Gasteiger partial charge in [0.25, 0.3) is 0 Å². The number of aliphatic hydroxyl groups excluding tert-OH is 2. The first-order valence-corrected chi connectivity index (χ1v) is 8.02. The van der Waals surface area contributed by atoms with E-state index in [2.05, 4.69) is 16.7 Å². The first-order valence-electron chi connectivity index (χ1n) is 7.64. The Morgan fingerprint density at radius 3 is 2.29 bits per heavy atom. The Labute approximate surface area is 131 Å². The lowest BCUT2D eigenvalue weighted by atomic mass is 10.1. The largest absolute Gasteiger partial charge is 0.395 e. The van der Waals surface area contributed by atoms with Crippen LogP contribution in [0, 0.1) is 0 Å². The Bertz CT molecular complexity index is 415. The van der Waals surface area contributed by atoms with Crippen LogP contribution in [0.5, 0.6) is 0 Å². The summed E-state index contributed by atoms with van der Waals surface area (Å²) in [5.74, 6) is 0. The molecule has 0 bridgehead atoms. The van der Waals surface area contributed by atoms with Gasteiger partial charge in [-0.25, -0.2) is 0 Å². The highest BCUT2D eigenvalue weighted by atomic mass is 35.5. The Morgan fingerprint density at radius 1 is 1.14 bits per heavy atom. The van der Waals surface area contributed by atoms with Gasteiger partial charge in [0, 0.05) is 43.8 Å². The molecule has 118 valence electrons. The lowest BCUT2D eigenvalue weighted by Gasteiger charge is -2.39. The van der Waals surface area contributed by atoms with Crippen LogP contribution >= 0.6 is 11.6 Å². The molecule has 4 nitrogen and oxygen atoms in total. The first kappa shape index (κ1) is 16.7. The van der Waals surface area contributed by atoms with Crippen molar-refractivity contribution in [3.63, 3.8) is 0 Å². The molecule has 0 amide bonds. The molecule has 0 spiro atoms. The molecule has 1 fully saturated rings. The molecule has 1 aliphatic rings. The molecule has 2 unspecified atom stereocenters. The van der Waals surface area contributed by atoms with Crippen molar-refractivity contribution in [1.29, 1.82) is 0 Å². The second-order valence-electron chi connectivity index (χ2n) is 5.65. The van der Waals surface area contributed by atoms with Gasteiger partial charge in [0.2, 0.25) is 0 Å². The number of benzene rings is 1. The van der Waals surface area contributed by atoms with Gasteiger partial charge in [-0.2, -0.15) is 0 Å². The van der Waals surface area contributed by atoms with Gasteiger partial charge in [-0.1, -0.05) is 30.7 Å². The quantitative estimate of drug-likeness (QED) is 0.840. The third-order valence-corrected chi connectivity index (χ3v) is 4.54. The standard InChI is InChI=1S/C16H25ClN2O2/c1-2-15(12-20)19-9-7-18(8-10-19)11-16(21)13-3-5-14(17)6-4-13/h3-6,15-16,20-21H,2,7-12H2,1H3. The number of rotatable bonds is 6. The highest BCUT2D eigenvalue weighted by Crippen LogP contribution is 2.18. The lowest BCUT2D eigenvalue weighted by molar-refractivity contribution is 0.0394. The third-order valence-electron chi connectivity index (χ3n) is 4.29. The van der Waals surface area contributed by atoms with Crippen molar-refractivity contribution in [2.45, 2.75) is 25.5 Å². The molecule has 1 heterocycles. The van der Waals surface area contributed by atoms with Crippen molar-refractivity contribution in [2.75, 3.05) is 39.3 Å². The predicted octanol–water partition coefficient (Wildman–Crippen LogP) is 1.76. The zero-order chi connectivity index (χ0) is 15.2. The molecule has 0 radical (unpaired) electrons. The maximum atomic E-state index is 10.3. The summed E-state index contributed by atoms with van der Waals surface area (Å²) in [5, 5.41) is 20.3. The molecule has 0 aromatic heterocycles. The maximum absolute atomic E-state index is 10.3. The fourth-order valence-electron chi connectivity index (χ4n) is 2.85. The number of nitrogens with zero attached hydrogens (tertiary/aromatic N) is 2. The maximum Gasteiger partial charge on any atom is 0.0916 e.